The summed E-state index contributed by atoms with van der Waals surface area (Å²) in [5, 5.41) is 0. The fraction of sp³-hybridized carbons (Fsp3) is 0.364. The van der Waals surface area contributed by atoms with Crippen molar-refractivity contribution in [3.8, 4) is 0 Å². The highest BCUT2D eigenvalue weighted by Gasteiger charge is 2.15. The van der Waals surface area contributed by atoms with Crippen molar-refractivity contribution in [3.63, 3.8) is 0 Å². The van der Waals surface area contributed by atoms with Crippen LogP contribution >= 0.6 is 0 Å². The number of hydrogen-bond acceptors (Lipinski definition) is 4. The quantitative estimate of drug-likeness (QED) is 0.703. The highest BCUT2D eigenvalue weighted by Crippen LogP contribution is 2.31. The molecule has 3 heterocycles. The summed E-state index contributed by atoms with van der Waals surface area (Å²) in [5.41, 5.74) is 7.40. The molecule has 140 valence electrons. The van der Waals surface area contributed by atoms with Crippen molar-refractivity contribution in [3.05, 3.63) is 54.0 Å². The maximum atomic E-state index is 4.63. The van der Waals surface area contributed by atoms with Gasteiger partial charge < -0.3 is 14.4 Å². The maximum absolute atomic E-state index is 4.63. The van der Waals surface area contributed by atoms with Crippen molar-refractivity contribution in [2.75, 3.05) is 32.1 Å². The minimum Gasteiger partial charge on any atom is -0.334 e. The number of aryl methyl sites for hydroxylation is 2. The average molecular weight is 361 g/mol. The highest BCUT2D eigenvalue weighted by atomic mass is 15.2. The molecule has 4 rings (SSSR count). The van der Waals surface area contributed by atoms with Gasteiger partial charge in [0.15, 0.2) is 0 Å². The Bertz CT molecular complexity index is 1000. The molecule has 0 bridgehead atoms. The number of pyridine rings is 1. The standard InChI is InChI=1S/C22H27N5/c1-5-16-12-18(17-8-10-25(2)11-9-17)6-7-20(16)27(4)22-13-21-19(14-23-22)24-15-26(21)3/h6-8,12-15H,5,9-11H2,1-4H3. The first kappa shape index (κ1) is 17.7. The topological polar surface area (TPSA) is 37.2 Å². The van der Waals surface area contributed by atoms with Crippen LogP contribution in [0.3, 0.4) is 0 Å². The lowest BCUT2D eigenvalue weighted by molar-refractivity contribution is 0.370. The van der Waals surface area contributed by atoms with Crippen LogP contribution in [0.25, 0.3) is 16.6 Å². The lowest BCUT2D eigenvalue weighted by atomic mass is 9.96. The molecule has 0 spiro atoms. The van der Waals surface area contributed by atoms with Crippen LogP contribution in [0.5, 0.6) is 0 Å². The summed E-state index contributed by atoms with van der Waals surface area (Å²) in [6.45, 7) is 4.38. The Morgan fingerprint density at radius 2 is 2.00 bits per heavy atom. The predicted octanol–water partition coefficient (Wildman–Crippen LogP) is 4.02. The van der Waals surface area contributed by atoms with E-state index in [1.54, 1.807) is 0 Å². The van der Waals surface area contributed by atoms with Gasteiger partial charge in [-0.3, -0.25) is 0 Å². The monoisotopic (exact) mass is 361 g/mol. The molecule has 27 heavy (non-hydrogen) atoms. The fourth-order valence-electron chi connectivity index (χ4n) is 3.76. The number of nitrogens with zero attached hydrogens (tertiary/aromatic N) is 5. The third kappa shape index (κ3) is 3.35. The number of likely N-dealkylation sites (N-methyl/N-ethyl adjacent to an activating group) is 1. The van der Waals surface area contributed by atoms with Crippen LogP contribution in [0.1, 0.15) is 24.5 Å². The molecule has 5 nitrogen and oxygen atoms in total. The Balaban J connectivity index is 1.68. The van der Waals surface area contributed by atoms with Crippen LogP contribution in [0, 0.1) is 0 Å². The Kier molecular flexibility index (Phi) is 4.70. The fourth-order valence-corrected chi connectivity index (χ4v) is 3.76. The van der Waals surface area contributed by atoms with Crippen molar-refractivity contribution in [1.82, 2.24) is 19.4 Å². The number of anilines is 2. The number of rotatable bonds is 4. The van der Waals surface area contributed by atoms with Crippen LogP contribution in [0.2, 0.25) is 0 Å². The van der Waals surface area contributed by atoms with Gasteiger partial charge in [0.05, 0.1) is 18.0 Å². The van der Waals surface area contributed by atoms with E-state index in [2.05, 4.69) is 71.1 Å². The molecule has 3 aromatic rings. The molecule has 1 aliphatic rings. The zero-order valence-electron chi connectivity index (χ0n) is 16.6. The lowest BCUT2D eigenvalue weighted by Crippen LogP contribution is -2.23. The Labute approximate surface area is 161 Å². The first-order valence-corrected chi connectivity index (χ1v) is 9.58. The summed E-state index contributed by atoms with van der Waals surface area (Å²) in [7, 11) is 6.28. The van der Waals surface area contributed by atoms with Gasteiger partial charge in [0.25, 0.3) is 0 Å². The van der Waals surface area contributed by atoms with Gasteiger partial charge in [-0.15, -0.1) is 0 Å². The van der Waals surface area contributed by atoms with E-state index in [0.717, 1.165) is 42.8 Å². The highest BCUT2D eigenvalue weighted by molar-refractivity contribution is 5.79. The molecule has 0 fully saturated rings. The van der Waals surface area contributed by atoms with Crippen molar-refractivity contribution < 1.29 is 0 Å². The summed E-state index contributed by atoms with van der Waals surface area (Å²) < 4.78 is 2.03. The minimum absolute atomic E-state index is 0.926. The Morgan fingerprint density at radius 1 is 1.15 bits per heavy atom. The predicted molar refractivity (Wildman–Crippen MR) is 112 cm³/mol. The van der Waals surface area contributed by atoms with Crippen LogP contribution in [-0.4, -0.2) is 46.6 Å². The molecule has 0 unspecified atom stereocenters. The van der Waals surface area contributed by atoms with Crippen LogP contribution < -0.4 is 4.90 Å². The van der Waals surface area contributed by atoms with E-state index in [-0.39, 0.29) is 0 Å². The zero-order chi connectivity index (χ0) is 19.0. The van der Waals surface area contributed by atoms with Crippen molar-refractivity contribution in [2.24, 2.45) is 7.05 Å². The molecule has 5 heteroatoms. The second-order valence-electron chi connectivity index (χ2n) is 7.38. The molecule has 1 aromatic carbocycles. The number of benzene rings is 1. The number of aromatic nitrogens is 3. The van der Waals surface area contributed by atoms with E-state index >= 15 is 0 Å². The molecule has 0 N–H and O–H groups in total. The van der Waals surface area contributed by atoms with Gasteiger partial charge in [0, 0.05) is 38.9 Å². The summed E-state index contributed by atoms with van der Waals surface area (Å²) in [6, 6.07) is 8.95. The molecule has 0 atom stereocenters. The van der Waals surface area contributed by atoms with Gasteiger partial charge in [0.1, 0.15) is 11.3 Å². The largest absolute Gasteiger partial charge is 0.334 e. The van der Waals surface area contributed by atoms with Crippen molar-refractivity contribution >= 4 is 28.1 Å². The van der Waals surface area contributed by atoms with Gasteiger partial charge in [-0.2, -0.15) is 0 Å². The molecule has 0 aliphatic carbocycles. The van der Waals surface area contributed by atoms with E-state index in [1.807, 2.05) is 24.1 Å². The maximum Gasteiger partial charge on any atom is 0.134 e. The molecule has 0 amide bonds. The molecule has 0 saturated heterocycles. The minimum atomic E-state index is 0.926. The molecular weight excluding hydrogens is 334 g/mol. The molecule has 1 aliphatic heterocycles. The van der Waals surface area contributed by atoms with Gasteiger partial charge >= 0.3 is 0 Å². The molecule has 0 saturated carbocycles. The van der Waals surface area contributed by atoms with Crippen LogP contribution in [0.4, 0.5) is 11.5 Å². The first-order valence-electron chi connectivity index (χ1n) is 9.58. The molecule has 2 aromatic heterocycles. The van der Waals surface area contributed by atoms with Crippen LogP contribution in [-0.2, 0) is 13.5 Å². The van der Waals surface area contributed by atoms with Gasteiger partial charge in [-0.1, -0.05) is 19.1 Å². The van der Waals surface area contributed by atoms with E-state index < -0.39 is 0 Å². The van der Waals surface area contributed by atoms with E-state index in [1.165, 1.54) is 22.4 Å². The summed E-state index contributed by atoms with van der Waals surface area (Å²) >= 11 is 0. The Hall–Kier alpha value is -2.66. The van der Waals surface area contributed by atoms with Crippen molar-refractivity contribution in [2.45, 2.75) is 19.8 Å². The zero-order valence-corrected chi connectivity index (χ0v) is 16.6. The van der Waals surface area contributed by atoms with E-state index in [9.17, 15) is 0 Å². The summed E-state index contributed by atoms with van der Waals surface area (Å²) in [4.78, 5) is 13.5. The molecular formula is C22H27N5. The second-order valence-corrected chi connectivity index (χ2v) is 7.38. The van der Waals surface area contributed by atoms with E-state index in [0.29, 0.717) is 0 Å². The summed E-state index contributed by atoms with van der Waals surface area (Å²) in [5.74, 6) is 0.937. The van der Waals surface area contributed by atoms with E-state index in [4.69, 9.17) is 0 Å². The second kappa shape index (κ2) is 7.16. The van der Waals surface area contributed by atoms with Crippen LogP contribution in [0.15, 0.2) is 42.9 Å². The normalized spacial score (nSPS) is 15.2. The van der Waals surface area contributed by atoms with Crippen molar-refractivity contribution in [1.29, 1.82) is 0 Å². The van der Waals surface area contributed by atoms with Gasteiger partial charge in [0.2, 0.25) is 0 Å². The number of hydrogen-bond donors (Lipinski definition) is 0. The van der Waals surface area contributed by atoms with Gasteiger partial charge in [-0.05, 0) is 48.7 Å². The summed E-state index contributed by atoms with van der Waals surface area (Å²) in [6.07, 6.45) is 8.16. The first-order chi connectivity index (χ1) is 13.1. The third-order valence-corrected chi connectivity index (χ3v) is 5.55. The smallest absolute Gasteiger partial charge is 0.134 e. The third-order valence-electron chi connectivity index (χ3n) is 5.55. The lowest BCUT2D eigenvalue weighted by Gasteiger charge is -2.25. The number of imidazole rings is 1. The SMILES string of the molecule is CCc1cc(C2=CCN(C)CC2)ccc1N(C)c1cc2c(cn1)ncn2C. The molecule has 0 radical (unpaired) electrons. The van der Waals surface area contributed by atoms with Gasteiger partial charge in [-0.25, -0.2) is 9.97 Å². The average Bonchev–Trinajstić information content (AvgIpc) is 3.08. The Morgan fingerprint density at radius 3 is 2.74 bits per heavy atom. The number of fused-ring (bicyclic) bond motifs is 1.